The molecule has 0 radical (unpaired) electrons. The molecule has 0 bridgehead atoms. The first-order valence-corrected chi connectivity index (χ1v) is 8.35. The molecule has 0 fully saturated rings. The molecule has 0 atom stereocenters. The molecule has 7 heteroatoms. The van der Waals surface area contributed by atoms with Crippen LogP contribution in [0.25, 0.3) is 0 Å². The molecule has 1 amide bonds. The van der Waals surface area contributed by atoms with Crippen LogP contribution >= 0.6 is 43.2 Å². The van der Waals surface area contributed by atoms with Gasteiger partial charge in [-0.3, -0.25) is 4.79 Å². The van der Waals surface area contributed by atoms with E-state index in [9.17, 15) is 4.79 Å². The summed E-state index contributed by atoms with van der Waals surface area (Å²) in [5.41, 5.74) is 0. The summed E-state index contributed by atoms with van der Waals surface area (Å²) in [6, 6.07) is 1.82. The molecule has 0 aliphatic heterocycles. The van der Waals surface area contributed by atoms with Crippen LogP contribution in [0.1, 0.15) is 22.5 Å². The van der Waals surface area contributed by atoms with E-state index < -0.39 is 0 Å². The third-order valence-corrected chi connectivity index (χ3v) is 5.56. The largest absolute Gasteiger partial charge is 0.382 e. The van der Waals surface area contributed by atoms with Crippen molar-refractivity contribution in [3.63, 3.8) is 0 Å². The Morgan fingerprint density at radius 3 is 2.74 bits per heavy atom. The van der Waals surface area contributed by atoms with Crippen molar-refractivity contribution in [1.29, 1.82) is 0 Å². The fourth-order valence-electron chi connectivity index (χ4n) is 1.32. The number of rotatable bonds is 9. The van der Waals surface area contributed by atoms with Crippen molar-refractivity contribution < 1.29 is 14.3 Å². The van der Waals surface area contributed by atoms with Crippen molar-refractivity contribution in [2.45, 2.75) is 12.8 Å². The number of methoxy groups -OCH3 is 1. The van der Waals surface area contributed by atoms with Crippen LogP contribution in [0.5, 0.6) is 0 Å². The second-order valence-corrected chi connectivity index (χ2v) is 7.02. The molecule has 1 heterocycles. The number of amides is 1. The first-order chi connectivity index (χ1) is 9.15. The van der Waals surface area contributed by atoms with E-state index in [2.05, 4.69) is 37.2 Å². The Morgan fingerprint density at radius 1 is 1.32 bits per heavy atom. The molecule has 108 valence electrons. The normalized spacial score (nSPS) is 10.7. The molecule has 1 N–H and O–H groups in total. The van der Waals surface area contributed by atoms with Crippen molar-refractivity contribution in [3.05, 3.63) is 19.2 Å². The first kappa shape index (κ1) is 17.1. The Kier molecular flexibility index (Phi) is 8.89. The Bertz CT molecular complexity index is 379. The van der Waals surface area contributed by atoms with Gasteiger partial charge in [-0.25, -0.2) is 0 Å². The van der Waals surface area contributed by atoms with Crippen LogP contribution in [0.2, 0.25) is 0 Å². The van der Waals surface area contributed by atoms with Crippen LogP contribution in [-0.2, 0) is 9.47 Å². The van der Waals surface area contributed by atoms with E-state index in [0.29, 0.717) is 31.2 Å². The van der Waals surface area contributed by atoms with Crippen molar-refractivity contribution in [2.24, 2.45) is 0 Å². The second kappa shape index (κ2) is 9.88. The summed E-state index contributed by atoms with van der Waals surface area (Å²) < 4.78 is 12.1. The third kappa shape index (κ3) is 6.85. The molecular weight excluding hydrogens is 398 g/mol. The zero-order valence-corrected chi connectivity index (χ0v) is 14.7. The minimum Gasteiger partial charge on any atom is -0.382 e. The number of hydrogen-bond donors (Lipinski definition) is 1. The third-order valence-electron chi connectivity index (χ3n) is 2.30. The highest BCUT2D eigenvalue weighted by Crippen LogP contribution is 2.32. The molecule has 1 aromatic heterocycles. The van der Waals surface area contributed by atoms with Gasteiger partial charge in [-0.15, -0.1) is 11.3 Å². The molecule has 0 saturated carbocycles. The monoisotopic (exact) mass is 413 g/mol. The lowest BCUT2D eigenvalue weighted by atomic mass is 10.3. The first-order valence-electron chi connectivity index (χ1n) is 5.95. The van der Waals surface area contributed by atoms with Crippen LogP contribution in [-0.4, -0.2) is 39.4 Å². The topological polar surface area (TPSA) is 47.6 Å². The minimum absolute atomic E-state index is 0.0308. The molecule has 4 nitrogen and oxygen atoms in total. The van der Waals surface area contributed by atoms with Gasteiger partial charge in [0, 0.05) is 24.7 Å². The second-order valence-electron chi connectivity index (χ2n) is 3.80. The summed E-state index contributed by atoms with van der Waals surface area (Å²) in [5, 5.41) is 2.89. The van der Waals surface area contributed by atoms with E-state index >= 15 is 0 Å². The van der Waals surface area contributed by atoms with Crippen molar-refractivity contribution >= 4 is 49.1 Å². The molecule has 0 saturated heterocycles. The average Bonchev–Trinajstić information content (AvgIpc) is 2.73. The number of thiophene rings is 1. The molecule has 0 aromatic carbocycles. The summed E-state index contributed by atoms with van der Waals surface area (Å²) in [5.74, 6) is -0.0308. The zero-order chi connectivity index (χ0) is 14.1. The lowest BCUT2D eigenvalue weighted by Gasteiger charge is -2.04. The van der Waals surface area contributed by atoms with Gasteiger partial charge in [0.15, 0.2) is 0 Å². The molecule has 19 heavy (non-hydrogen) atoms. The minimum atomic E-state index is -0.0308. The summed E-state index contributed by atoms with van der Waals surface area (Å²) in [6.07, 6.45) is 1.84. The standard InChI is InChI=1S/C12H17Br2NO3S/c1-17-6-7-18-5-3-2-4-15-12(16)10-8-9(13)11(14)19-10/h8H,2-7H2,1H3,(H,15,16). The molecule has 0 spiro atoms. The van der Waals surface area contributed by atoms with E-state index in [1.165, 1.54) is 11.3 Å². The fraction of sp³-hybridized carbons (Fsp3) is 0.583. The summed E-state index contributed by atoms with van der Waals surface area (Å²) in [6.45, 7) is 2.62. The SMILES string of the molecule is COCCOCCCCNC(=O)c1cc(Br)c(Br)s1. The van der Waals surface area contributed by atoms with Gasteiger partial charge < -0.3 is 14.8 Å². The quantitative estimate of drug-likeness (QED) is 0.629. The van der Waals surface area contributed by atoms with Gasteiger partial charge in [0.05, 0.1) is 21.9 Å². The van der Waals surface area contributed by atoms with E-state index in [1.54, 1.807) is 7.11 Å². The Labute approximate surface area is 134 Å². The van der Waals surface area contributed by atoms with E-state index in [1.807, 2.05) is 6.07 Å². The Hall–Kier alpha value is 0.0500. The number of nitrogens with one attached hydrogen (secondary N) is 1. The number of ether oxygens (including phenoxy) is 2. The number of hydrogen-bond acceptors (Lipinski definition) is 4. The number of carbonyl (C=O) groups excluding carboxylic acids is 1. The molecular formula is C12H17Br2NO3S. The zero-order valence-electron chi connectivity index (χ0n) is 10.7. The van der Waals surface area contributed by atoms with E-state index in [-0.39, 0.29) is 5.91 Å². The lowest BCUT2D eigenvalue weighted by Crippen LogP contribution is -2.23. The van der Waals surface area contributed by atoms with Crippen LogP contribution in [0, 0.1) is 0 Å². The van der Waals surface area contributed by atoms with Gasteiger partial charge in [-0.05, 0) is 50.8 Å². The van der Waals surface area contributed by atoms with Gasteiger partial charge in [-0.1, -0.05) is 0 Å². The van der Waals surface area contributed by atoms with Crippen molar-refractivity contribution in [2.75, 3.05) is 33.5 Å². The van der Waals surface area contributed by atoms with Gasteiger partial charge >= 0.3 is 0 Å². The number of unbranched alkanes of at least 4 members (excludes halogenated alkanes) is 1. The number of halogens is 2. The van der Waals surface area contributed by atoms with Crippen LogP contribution in [0.4, 0.5) is 0 Å². The lowest BCUT2D eigenvalue weighted by molar-refractivity contribution is 0.0686. The van der Waals surface area contributed by atoms with Crippen molar-refractivity contribution in [1.82, 2.24) is 5.32 Å². The van der Waals surface area contributed by atoms with Gasteiger partial charge in [0.2, 0.25) is 0 Å². The summed E-state index contributed by atoms with van der Waals surface area (Å²) in [4.78, 5) is 12.5. The summed E-state index contributed by atoms with van der Waals surface area (Å²) >= 11 is 8.16. The maximum atomic E-state index is 11.8. The maximum Gasteiger partial charge on any atom is 0.261 e. The predicted molar refractivity (Wildman–Crippen MR) is 84.0 cm³/mol. The van der Waals surface area contributed by atoms with Gasteiger partial charge in [-0.2, -0.15) is 0 Å². The average molecular weight is 415 g/mol. The molecule has 0 aliphatic carbocycles. The molecule has 0 unspecified atom stereocenters. The number of carbonyl (C=O) groups is 1. The smallest absolute Gasteiger partial charge is 0.261 e. The highest BCUT2D eigenvalue weighted by molar-refractivity contribution is 9.13. The fourth-order valence-corrected chi connectivity index (χ4v) is 3.27. The Balaban J connectivity index is 2.08. The maximum absolute atomic E-state index is 11.8. The summed E-state index contributed by atoms with van der Waals surface area (Å²) in [7, 11) is 1.65. The molecule has 1 rings (SSSR count). The molecule has 0 aliphatic rings. The predicted octanol–water partition coefficient (Wildman–Crippen LogP) is 3.45. The van der Waals surface area contributed by atoms with Crippen LogP contribution < -0.4 is 5.32 Å². The van der Waals surface area contributed by atoms with E-state index in [4.69, 9.17) is 9.47 Å². The highest BCUT2D eigenvalue weighted by atomic mass is 79.9. The van der Waals surface area contributed by atoms with Crippen LogP contribution in [0.15, 0.2) is 14.3 Å². The van der Waals surface area contributed by atoms with Crippen LogP contribution in [0.3, 0.4) is 0 Å². The highest BCUT2D eigenvalue weighted by Gasteiger charge is 2.10. The van der Waals surface area contributed by atoms with Crippen molar-refractivity contribution in [3.8, 4) is 0 Å². The van der Waals surface area contributed by atoms with Gasteiger partial charge in [0.25, 0.3) is 5.91 Å². The Morgan fingerprint density at radius 2 is 2.11 bits per heavy atom. The van der Waals surface area contributed by atoms with Gasteiger partial charge in [0.1, 0.15) is 0 Å². The van der Waals surface area contributed by atoms with E-state index in [0.717, 1.165) is 21.1 Å². The molecule has 1 aromatic rings.